The van der Waals surface area contributed by atoms with Gasteiger partial charge in [-0.15, -0.1) is 0 Å². The number of likely N-dealkylation sites (tertiary alicyclic amines) is 1. The van der Waals surface area contributed by atoms with Crippen LogP contribution >= 0.6 is 0 Å². The lowest BCUT2D eigenvalue weighted by Gasteiger charge is -2.30. The van der Waals surface area contributed by atoms with Crippen molar-refractivity contribution >= 4 is 23.7 Å². The van der Waals surface area contributed by atoms with Crippen LogP contribution in [0.5, 0.6) is 0 Å². The van der Waals surface area contributed by atoms with E-state index in [0.29, 0.717) is 29.7 Å². The summed E-state index contributed by atoms with van der Waals surface area (Å²) in [6.07, 6.45) is -5.03. The average Bonchev–Trinajstić information content (AvgIpc) is 2.66. The van der Waals surface area contributed by atoms with Gasteiger partial charge < -0.3 is 19.7 Å². The molecule has 10 heteroatoms. The van der Waals surface area contributed by atoms with E-state index in [1.807, 2.05) is 0 Å². The highest BCUT2D eigenvalue weighted by molar-refractivity contribution is 5.97. The molecule has 1 heterocycles. The molecule has 154 valence electrons. The summed E-state index contributed by atoms with van der Waals surface area (Å²) >= 11 is 0. The van der Waals surface area contributed by atoms with Crippen LogP contribution in [0.3, 0.4) is 0 Å². The van der Waals surface area contributed by atoms with Crippen molar-refractivity contribution in [2.75, 3.05) is 32.1 Å². The summed E-state index contributed by atoms with van der Waals surface area (Å²) in [6, 6.07) is 4.86. The Morgan fingerprint density at radius 1 is 1.21 bits per heavy atom. The number of carbonyl (C=O) groups is 3. The second-order valence-corrected chi connectivity index (χ2v) is 6.39. The molecule has 1 aliphatic heterocycles. The Balaban J connectivity index is 1.91. The highest BCUT2D eigenvalue weighted by Gasteiger charge is 2.33. The second kappa shape index (κ2) is 8.94. The molecule has 0 bridgehead atoms. The minimum Gasteiger partial charge on any atom is -0.465 e. The highest BCUT2D eigenvalue weighted by Crippen LogP contribution is 2.24. The van der Waals surface area contributed by atoms with E-state index in [2.05, 4.69) is 10.1 Å². The number of nitrogens with one attached hydrogen (secondary N) is 1. The van der Waals surface area contributed by atoms with Crippen LogP contribution in [-0.4, -0.2) is 55.9 Å². The molecule has 1 N–H and O–H groups in total. The largest absolute Gasteiger partial charge is 0.465 e. The second-order valence-electron chi connectivity index (χ2n) is 6.39. The Labute approximate surface area is 159 Å². The summed E-state index contributed by atoms with van der Waals surface area (Å²) in [7, 11) is 1.26. The first-order chi connectivity index (χ1) is 13.1. The molecular weight excluding hydrogens is 381 g/mol. The molecule has 2 amide bonds. The minimum absolute atomic E-state index is 0.121. The SMILES string of the molecule is COC(=O)c1cccc(NC(=O)C2CCN(C(=O)OCC(F)(F)F)CC2)c1C. The third-order valence-electron chi connectivity index (χ3n) is 4.48. The number of benzene rings is 1. The van der Waals surface area contributed by atoms with Gasteiger partial charge in [0.05, 0.1) is 12.7 Å². The lowest BCUT2D eigenvalue weighted by molar-refractivity contribution is -0.162. The third kappa shape index (κ3) is 5.61. The Bertz CT molecular complexity index is 743. The van der Waals surface area contributed by atoms with E-state index in [1.165, 1.54) is 7.11 Å². The van der Waals surface area contributed by atoms with Gasteiger partial charge in [0.1, 0.15) is 0 Å². The summed E-state index contributed by atoms with van der Waals surface area (Å²) in [5, 5.41) is 2.76. The molecule has 2 rings (SSSR count). The van der Waals surface area contributed by atoms with Crippen molar-refractivity contribution in [3.63, 3.8) is 0 Å². The van der Waals surface area contributed by atoms with Crippen molar-refractivity contribution in [1.29, 1.82) is 0 Å². The summed E-state index contributed by atoms with van der Waals surface area (Å²) in [5.74, 6) is -1.21. The zero-order valence-corrected chi connectivity index (χ0v) is 15.5. The van der Waals surface area contributed by atoms with Crippen molar-refractivity contribution in [3.8, 4) is 0 Å². The summed E-state index contributed by atoms with van der Waals surface area (Å²) in [4.78, 5) is 37.0. The maximum atomic E-state index is 12.5. The van der Waals surface area contributed by atoms with Gasteiger partial charge in [-0.2, -0.15) is 13.2 Å². The topological polar surface area (TPSA) is 84.9 Å². The molecule has 7 nitrogen and oxygen atoms in total. The lowest BCUT2D eigenvalue weighted by atomic mass is 9.95. The molecule has 0 saturated carbocycles. The quantitative estimate of drug-likeness (QED) is 0.783. The van der Waals surface area contributed by atoms with Gasteiger partial charge in [0, 0.05) is 24.7 Å². The van der Waals surface area contributed by atoms with Gasteiger partial charge in [0.2, 0.25) is 5.91 Å². The molecule has 28 heavy (non-hydrogen) atoms. The fourth-order valence-electron chi connectivity index (χ4n) is 2.90. The van der Waals surface area contributed by atoms with Crippen LogP contribution in [0.25, 0.3) is 0 Å². The Kier molecular flexibility index (Phi) is 6.87. The fourth-order valence-corrected chi connectivity index (χ4v) is 2.90. The molecule has 0 unspecified atom stereocenters. The van der Waals surface area contributed by atoms with Crippen molar-refractivity contribution in [3.05, 3.63) is 29.3 Å². The first-order valence-corrected chi connectivity index (χ1v) is 8.59. The number of halogens is 3. The van der Waals surface area contributed by atoms with E-state index in [4.69, 9.17) is 4.74 Å². The molecule has 0 aliphatic carbocycles. The van der Waals surface area contributed by atoms with Crippen LogP contribution < -0.4 is 5.32 Å². The number of amides is 2. The van der Waals surface area contributed by atoms with Crippen LogP contribution in [0, 0.1) is 12.8 Å². The number of hydrogen-bond donors (Lipinski definition) is 1. The summed E-state index contributed by atoms with van der Waals surface area (Å²) < 4.78 is 45.3. The van der Waals surface area contributed by atoms with E-state index in [-0.39, 0.29) is 19.0 Å². The van der Waals surface area contributed by atoms with E-state index < -0.39 is 30.8 Å². The maximum absolute atomic E-state index is 12.5. The van der Waals surface area contributed by atoms with Crippen LogP contribution in [0.4, 0.5) is 23.7 Å². The van der Waals surface area contributed by atoms with E-state index in [9.17, 15) is 27.6 Å². The number of carbonyl (C=O) groups excluding carboxylic acids is 3. The smallest absolute Gasteiger partial charge is 0.422 e. The van der Waals surface area contributed by atoms with Crippen molar-refractivity contribution in [1.82, 2.24) is 4.90 Å². The average molecular weight is 402 g/mol. The molecule has 1 aliphatic rings. The van der Waals surface area contributed by atoms with Crippen LogP contribution in [0.1, 0.15) is 28.8 Å². The highest BCUT2D eigenvalue weighted by atomic mass is 19.4. The van der Waals surface area contributed by atoms with Gasteiger partial charge in [-0.25, -0.2) is 9.59 Å². The Hall–Kier alpha value is -2.78. The molecule has 1 aromatic carbocycles. The number of methoxy groups -OCH3 is 1. The number of ether oxygens (including phenoxy) is 2. The van der Waals surface area contributed by atoms with Crippen LogP contribution in [-0.2, 0) is 14.3 Å². The molecule has 0 spiro atoms. The van der Waals surface area contributed by atoms with Gasteiger partial charge in [-0.05, 0) is 37.5 Å². The zero-order valence-electron chi connectivity index (χ0n) is 15.5. The number of esters is 1. The molecule has 0 aromatic heterocycles. The monoisotopic (exact) mass is 402 g/mol. The predicted octanol–water partition coefficient (Wildman–Crippen LogP) is 3.13. The van der Waals surface area contributed by atoms with Crippen molar-refractivity contribution < 1.29 is 37.0 Å². The van der Waals surface area contributed by atoms with Gasteiger partial charge >= 0.3 is 18.2 Å². The van der Waals surface area contributed by atoms with Gasteiger partial charge in [0.15, 0.2) is 6.61 Å². The van der Waals surface area contributed by atoms with Crippen molar-refractivity contribution in [2.24, 2.45) is 5.92 Å². The number of nitrogens with zero attached hydrogens (tertiary/aromatic N) is 1. The van der Waals surface area contributed by atoms with Crippen LogP contribution in [0.15, 0.2) is 18.2 Å². The van der Waals surface area contributed by atoms with Crippen LogP contribution in [0.2, 0.25) is 0 Å². The summed E-state index contributed by atoms with van der Waals surface area (Å²) in [6.45, 7) is 0.287. The number of rotatable bonds is 4. The van der Waals surface area contributed by atoms with Gasteiger partial charge in [0.25, 0.3) is 0 Å². The normalized spacial score (nSPS) is 15.1. The standard InChI is InChI=1S/C18H21F3N2O5/c1-11-13(16(25)27-2)4-3-5-14(11)22-15(24)12-6-8-23(9-7-12)17(26)28-10-18(19,20)21/h3-5,12H,6-10H2,1-2H3,(H,22,24). The molecule has 0 radical (unpaired) electrons. The first-order valence-electron chi connectivity index (χ1n) is 8.59. The first kappa shape index (κ1) is 21.5. The predicted molar refractivity (Wildman–Crippen MR) is 92.8 cm³/mol. The number of hydrogen-bond acceptors (Lipinski definition) is 5. The Morgan fingerprint density at radius 2 is 1.86 bits per heavy atom. The minimum atomic E-state index is -4.58. The maximum Gasteiger partial charge on any atom is 0.422 e. The van der Waals surface area contributed by atoms with E-state index in [0.717, 1.165) is 4.90 Å². The third-order valence-corrected chi connectivity index (χ3v) is 4.48. The number of piperidine rings is 1. The van der Waals surface area contributed by atoms with Gasteiger partial charge in [-0.3, -0.25) is 4.79 Å². The van der Waals surface area contributed by atoms with Gasteiger partial charge in [-0.1, -0.05) is 6.07 Å². The Morgan fingerprint density at radius 3 is 2.43 bits per heavy atom. The fraction of sp³-hybridized carbons (Fsp3) is 0.500. The molecule has 1 aromatic rings. The lowest BCUT2D eigenvalue weighted by Crippen LogP contribution is -2.42. The molecular formula is C18H21F3N2O5. The molecule has 0 atom stereocenters. The van der Waals surface area contributed by atoms with E-state index in [1.54, 1.807) is 25.1 Å². The zero-order chi connectivity index (χ0) is 20.9. The number of anilines is 1. The number of alkyl halides is 3. The van der Waals surface area contributed by atoms with Crippen molar-refractivity contribution in [2.45, 2.75) is 25.9 Å². The summed E-state index contributed by atoms with van der Waals surface area (Å²) in [5.41, 5.74) is 1.37. The molecule has 1 fully saturated rings. The van der Waals surface area contributed by atoms with E-state index >= 15 is 0 Å². The molecule has 1 saturated heterocycles.